The second-order valence-corrected chi connectivity index (χ2v) is 1.78. The lowest BCUT2D eigenvalue weighted by atomic mass is 10.9. The highest BCUT2D eigenvalue weighted by Gasteiger charge is 2.54. The van der Waals surface area contributed by atoms with Crippen LogP contribution in [0.25, 0.3) is 0 Å². The number of halogens is 6. The van der Waals surface area contributed by atoms with E-state index in [1.807, 2.05) is 0 Å². The van der Waals surface area contributed by atoms with Crippen LogP contribution in [0.15, 0.2) is 12.0 Å². The van der Waals surface area contributed by atoms with Crippen molar-refractivity contribution in [2.45, 2.75) is 12.6 Å². The first-order valence-electron chi connectivity index (χ1n) is 2.61. The van der Waals surface area contributed by atoms with Gasteiger partial charge in [0.25, 0.3) is 0 Å². The summed E-state index contributed by atoms with van der Waals surface area (Å²) in [5.74, 6) is 0. The molecule has 0 radical (unpaired) electrons. The summed E-state index contributed by atoms with van der Waals surface area (Å²) in [6.07, 6.45) is -10.00. The van der Waals surface area contributed by atoms with E-state index in [9.17, 15) is 26.3 Å². The summed E-state index contributed by atoms with van der Waals surface area (Å²) in [5, 5.41) is 0. The zero-order valence-corrected chi connectivity index (χ0v) is 5.49. The Morgan fingerprint density at radius 3 is 1.38 bits per heavy atom. The van der Waals surface area contributed by atoms with Gasteiger partial charge in [0, 0.05) is 0 Å². The van der Waals surface area contributed by atoms with Gasteiger partial charge in [-0.2, -0.15) is 13.5 Å². The zero-order chi connectivity index (χ0) is 10.3. The van der Waals surface area contributed by atoms with Crippen LogP contribution in [0.1, 0.15) is 0 Å². The van der Waals surface area contributed by atoms with E-state index >= 15 is 0 Å². The van der Waals surface area contributed by atoms with Gasteiger partial charge in [-0.15, -0.1) is 17.6 Å². The van der Waals surface area contributed by atoms with Gasteiger partial charge in [-0.05, 0) is 0 Å². The molecular formula is C4F6O3. The van der Waals surface area contributed by atoms with Gasteiger partial charge in [0.1, 0.15) is 0 Å². The Balaban J connectivity index is 2.96. The lowest BCUT2D eigenvalue weighted by Gasteiger charge is -2.16. The Morgan fingerprint density at radius 1 is 0.769 bits per heavy atom. The molecule has 1 heterocycles. The van der Waals surface area contributed by atoms with Gasteiger partial charge in [0.15, 0.2) is 0 Å². The molecule has 1 aliphatic heterocycles. The number of alkyl halides is 4. The molecule has 1 aliphatic rings. The molecule has 3 nitrogen and oxygen atoms in total. The van der Waals surface area contributed by atoms with Gasteiger partial charge in [-0.25, -0.2) is 0 Å². The molecule has 0 bridgehead atoms. The van der Waals surface area contributed by atoms with Gasteiger partial charge < -0.3 is 9.47 Å². The maximum Gasteiger partial charge on any atom is 0.544 e. The van der Waals surface area contributed by atoms with Gasteiger partial charge in [0.2, 0.25) is 0 Å². The summed E-state index contributed by atoms with van der Waals surface area (Å²) in [7, 11) is 0. The monoisotopic (exact) mass is 210 g/mol. The van der Waals surface area contributed by atoms with Crippen LogP contribution >= 0.6 is 0 Å². The minimum Gasteiger partial charge on any atom is -0.377 e. The lowest BCUT2D eigenvalue weighted by Crippen LogP contribution is -2.33. The largest absolute Gasteiger partial charge is 0.544 e. The Hall–Kier alpha value is -1.12. The number of hydrogen-bond donors (Lipinski definition) is 0. The van der Waals surface area contributed by atoms with Crippen LogP contribution in [0.4, 0.5) is 26.3 Å². The molecule has 0 aromatic carbocycles. The zero-order valence-electron chi connectivity index (χ0n) is 5.49. The van der Waals surface area contributed by atoms with E-state index in [-0.39, 0.29) is 0 Å². The van der Waals surface area contributed by atoms with Crippen LogP contribution in [0.5, 0.6) is 0 Å². The van der Waals surface area contributed by atoms with Crippen molar-refractivity contribution in [3.63, 3.8) is 0 Å². The normalized spacial score (nSPS) is 26.0. The van der Waals surface area contributed by atoms with Gasteiger partial charge in [-0.3, -0.25) is 0 Å². The van der Waals surface area contributed by atoms with Crippen LogP contribution in [0.3, 0.4) is 0 Å². The van der Waals surface area contributed by atoms with Crippen LogP contribution in [0.2, 0.25) is 0 Å². The first kappa shape index (κ1) is 9.96. The summed E-state index contributed by atoms with van der Waals surface area (Å²) in [6, 6.07) is -5.25. The highest BCUT2D eigenvalue weighted by Crippen LogP contribution is 2.37. The molecule has 0 amide bonds. The third kappa shape index (κ3) is 2.41. The lowest BCUT2D eigenvalue weighted by molar-refractivity contribution is -0.504. The van der Waals surface area contributed by atoms with Crippen molar-refractivity contribution < 1.29 is 40.6 Å². The first-order chi connectivity index (χ1) is 5.72. The predicted molar refractivity (Wildman–Crippen MR) is 22.4 cm³/mol. The van der Waals surface area contributed by atoms with Crippen molar-refractivity contribution in [1.82, 2.24) is 0 Å². The summed E-state index contributed by atoms with van der Waals surface area (Å²) >= 11 is 0. The Kier molecular flexibility index (Phi) is 2.06. The molecular weight excluding hydrogens is 210 g/mol. The van der Waals surface area contributed by atoms with E-state index in [1.54, 1.807) is 0 Å². The molecule has 13 heavy (non-hydrogen) atoms. The molecule has 9 heteroatoms. The summed E-state index contributed by atoms with van der Waals surface area (Å²) < 4.78 is 79.6. The van der Waals surface area contributed by atoms with Gasteiger partial charge >= 0.3 is 24.6 Å². The highest BCUT2D eigenvalue weighted by atomic mass is 19.3. The van der Waals surface area contributed by atoms with Gasteiger partial charge in [-0.1, -0.05) is 0 Å². The van der Waals surface area contributed by atoms with Crippen molar-refractivity contribution in [3.05, 3.63) is 12.0 Å². The van der Waals surface area contributed by atoms with Crippen LogP contribution in [-0.4, -0.2) is 12.6 Å². The molecule has 0 aliphatic carbocycles. The molecule has 0 saturated heterocycles. The molecule has 0 saturated carbocycles. The molecule has 0 N–H and O–H groups in total. The van der Waals surface area contributed by atoms with E-state index in [4.69, 9.17) is 0 Å². The van der Waals surface area contributed by atoms with Gasteiger partial charge in [0.05, 0.1) is 0 Å². The Labute approximate surface area is 66.5 Å². The Bertz CT molecular complexity index is 224. The minimum atomic E-state index is -5.00. The number of ether oxygens (including phenoxy) is 3. The average molecular weight is 210 g/mol. The fraction of sp³-hybridized carbons (Fsp3) is 0.500. The average Bonchev–Trinajstić information content (AvgIpc) is 1.85. The van der Waals surface area contributed by atoms with Crippen LogP contribution < -0.4 is 0 Å². The van der Waals surface area contributed by atoms with Crippen LogP contribution in [0, 0.1) is 0 Å². The molecule has 0 spiro atoms. The number of hydrogen-bond acceptors (Lipinski definition) is 3. The summed E-state index contributed by atoms with van der Waals surface area (Å²) in [6.45, 7) is 0. The topological polar surface area (TPSA) is 27.7 Å². The number of rotatable bonds is 0. The summed E-state index contributed by atoms with van der Waals surface area (Å²) in [4.78, 5) is 0. The third-order valence-corrected chi connectivity index (χ3v) is 0.809. The third-order valence-electron chi connectivity index (χ3n) is 0.809. The van der Waals surface area contributed by atoms with E-state index < -0.39 is 24.6 Å². The predicted octanol–water partition coefficient (Wildman–Crippen LogP) is 2.22. The second kappa shape index (κ2) is 2.69. The van der Waals surface area contributed by atoms with Crippen molar-refractivity contribution >= 4 is 0 Å². The molecule has 0 unspecified atom stereocenters. The standard InChI is InChI=1S/C4F6O3/c5-1-2(6)12-4(9,10)13-3(7,8)11-1. The summed E-state index contributed by atoms with van der Waals surface area (Å²) in [5.41, 5.74) is 0. The fourth-order valence-electron chi connectivity index (χ4n) is 0.469. The van der Waals surface area contributed by atoms with Crippen molar-refractivity contribution in [2.75, 3.05) is 0 Å². The Morgan fingerprint density at radius 2 is 1.08 bits per heavy atom. The fourth-order valence-corrected chi connectivity index (χ4v) is 0.469. The van der Waals surface area contributed by atoms with Crippen molar-refractivity contribution in [3.8, 4) is 0 Å². The van der Waals surface area contributed by atoms with E-state index in [1.165, 1.54) is 0 Å². The smallest absolute Gasteiger partial charge is 0.377 e. The molecule has 0 fully saturated rings. The quantitative estimate of drug-likeness (QED) is 0.573. The SMILES string of the molecule is FC1=C(F)OC(F)(F)OC(F)(F)O1. The molecule has 1 rings (SSSR count). The van der Waals surface area contributed by atoms with Crippen molar-refractivity contribution in [2.24, 2.45) is 0 Å². The maximum absolute atomic E-state index is 11.9. The van der Waals surface area contributed by atoms with E-state index in [2.05, 4.69) is 14.2 Å². The second-order valence-electron chi connectivity index (χ2n) is 1.78. The molecule has 0 aromatic rings. The molecule has 76 valence electrons. The van der Waals surface area contributed by atoms with Crippen molar-refractivity contribution in [1.29, 1.82) is 0 Å². The minimum absolute atomic E-state index is 2.49. The van der Waals surface area contributed by atoms with Crippen LogP contribution in [-0.2, 0) is 14.2 Å². The highest BCUT2D eigenvalue weighted by molar-refractivity contribution is 4.85. The molecule has 0 aromatic heterocycles. The first-order valence-corrected chi connectivity index (χ1v) is 2.61. The van der Waals surface area contributed by atoms with E-state index in [0.717, 1.165) is 0 Å². The van der Waals surface area contributed by atoms with E-state index in [0.29, 0.717) is 0 Å². The maximum atomic E-state index is 11.9. The molecule has 0 atom stereocenters.